The number of amides is 1. The first-order valence-electron chi connectivity index (χ1n) is 7.47. The van der Waals surface area contributed by atoms with E-state index in [9.17, 15) is 4.79 Å². The van der Waals surface area contributed by atoms with Crippen LogP contribution in [0.4, 0.5) is 0 Å². The van der Waals surface area contributed by atoms with E-state index in [0.29, 0.717) is 21.9 Å². The van der Waals surface area contributed by atoms with Gasteiger partial charge in [0.2, 0.25) is 0 Å². The summed E-state index contributed by atoms with van der Waals surface area (Å²) in [5, 5.41) is 12.8. The predicted octanol–water partition coefficient (Wildman–Crippen LogP) is 3.39. The van der Waals surface area contributed by atoms with Crippen LogP contribution in [0.3, 0.4) is 0 Å². The van der Waals surface area contributed by atoms with Gasteiger partial charge < -0.3 is 19.6 Å². The fourth-order valence-corrected chi connectivity index (χ4v) is 2.58. The Labute approximate surface area is 143 Å². The normalized spacial score (nSPS) is 10.8. The second kappa shape index (κ2) is 7.38. The molecule has 0 aliphatic rings. The zero-order chi connectivity index (χ0) is 16.9. The summed E-state index contributed by atoms with van der Waals surface area (Å²) in [6, 6.07) is 14.5. The molecule has 1 amide bonds. The molecule has 1 aromatic heterocycles. The average Bonchev–Trinajstić information content (AvgIpc) is 2.98. The third-order valence-corrected chi connectivity index (χ3v) is 3.82. The first kappa shape index (κ1) is 16.4. The van der Waals surface area contributed by atoms with E-state index in [0.717, 1.165) is 5.39 Å². The van der Waals surface area contributed by atoms with Crippen molar-refractivity contribution in [1.29, 1.82) is 0 Å². The quantitative estimate of drug-likeness (QED) is 0.718. The minimum absolute atomic E-state index is 0.141. The molecule has 0 bridgehead atoms. The van der Waals surface area contributed by atoms with Crippen molar-refractivity contribution in [2.45, 2.75) is 6.61 Å². The Kier molecular flexibility index (Phi) is 5.03. The molecule has 0 spiro atoms. The van der Waals surface area contributed by atoms with Gasteiger partial charge >= 0.3 is 0 Å². The topological polar surface area (TPSA) is 71.7 Å². The first-order chi connectivity index (χ1) is 11.7. The van der Waals surface area contributed by atoms with Crippen molar-refractivity contribution < 1.29 is 19.1 Å². The SMILES string of the molecule is O=C(NCCO)c1oc2ccccc2c1COc1ccccc1Cl. The largest absolute Gasteiger partial charge is 0.487 e. The molecular weight excluding hydrogens is 330 g/mol. The molecule has 3 aromatic rings. The zero-order valence-electron chi connectivity index (χ0n) is 12.8. The van der Waals surface area contributed by atoms with Gasteiger partial charge in [-0.15, -0.1) is 0 Å². The minimum Gasteiger partial charge on any atom is -0.487 e. The van der Waals surface area contributed by atoms with E-state index in [4.69, 9.17) is 25.9 Å². The molecule has 0 fully saturated rings. The number of halogens is 1. The number of rotatable bonds is 6. The summed E-state index contributed by atoms with van der Waals surface area (Å²) in [5.74, 6) is 0.320. The maximum atomic E-state index is 12.3. The molecule has 0 unspecified atom stereocenters. The average molecular weight is 346 g/mol. The van der Waals surface area contributed by atoms with Gasteiger partial charge in [0.1, 0.15) is 17.9 Å². The van der Waals surface area contributed by atoms with Crippen LogP contribution in [-0.4, -0.2) is 24.2 Å². The van der Waals surface area contributed by atoms with Crippen molar-refractivity contribution in [1.82, 2.24) is 5.32 Å². The number of hydrogen-bond donors (Lipinski definition) is 2. The summed E-state index contributed by atoms with van der Waals surface area (Å²) >= 11 is 6.10. The molecular formula is C18H16ClNO4. The van der Waals surface area contributed by atoms with Crippen molar-refractivity contribution in [3.8, 4) is 5.75 Å². The van der Waals surface area contributed by atoms with E-state index in [-0.39, 0.29) is 25.5 Å². The summed E-state index contributed by atoms with van der Waals surface area (Å²) in [5.41, 5.74) is 1.24. The Balaban J connectivity index is 1.92. The molecule has 0 atom stereocenters. The fourth-order valence-electron chi connectivity index (χ4n) is 2.39. The van der Waals surface area contributed by atoms with Gasteiger partial charge in [-0.05, 0) is 18.2 Å². The fraction of sp³-hybridized carbons (Fsp3) is 0.167. The van der Waals surface area contributed by atoms with Crippen LogP contribution in [0.2, 0.25) is 5.02 Å². The Bertz CT molecular complexity index is 859. The van der Waals surface area contributed by atoms with Crippen LogP contribution in [0.1, 0.15) is 16.1 Å². The number of benzene rings is 2. The van der Waals surface area contributed by atoms with Gasteiger partial charge in [0.05, 0.1) is 11.6 Å². The molecule has 24 heavy (non-hydrogen) atoms. The number of aliphatic hydroxyl groups excluding tert-OH is 1. The third kappa shape index (κ3) is 3.37. The van der Waals surface area contributed by atoms with Crippen LogP contribution < -0.4 is 10.1 Å². The Hall–Kier alpha value is -2.50. The first-order valence-corrected chi connectivity index (χ1v) is 7.85. The molecule has 2 aromatic carbocycles. The number of nitrogens with one attached hydrogen (secondary N) is 1. The summed E-state index contributed by atoms with van der Waals surface area (Å²) in [4.78, 5) is 12.3. The lowest BCUT2D eigenvalue weighted by atomic mass is 10.1. The predicted molar refractivity (Wildman–Crippen MR) is 91.4 cm³/mol. The van der Waals surface area contributed by atoms with Crippen molar-refractivity contribution in [3.63, 3.8) is 0 Å². The van der Waals surface area contributed by atoms with Gasteiger partial charge in [0.25, 0.3) is 5.91 Å². The number of hydrogen-bond acceptors (Lipinski definition) is 4. The number of fused-ring (bicyclic) bond motifs is 1. The minimum atomic E-state index is -0.391. The van der Waals surface area contributed by atoms with E-state index in [2.05, 4.69) is 5.32 Å². The lowest BCUT2D eigenvalue weighted by Crippen LogP contribution is -2.27. The zero-order valence-corrected chi connectivity index (χ0v) is 13.5. The highest BCUT2D eigenvalue weighted by Gasteiger charge is 2.20. The lowest BCUT2D eigenvalue weighted by molar-refractivity contribution is 0.0916. The summed E-state index contributed by atoms with van der Waals surface area (Å²) in [7, 11) is 0. The second-order valence-corrected chi connectivity index (χ2v) is 5.51. The van der Waals surface area contributed by atoms with E-state index in [1.807, 2.05) is 30.3 Å². The molecule has 5 nitrogen and oxygen atoms in total. The van der Waals surface area contributed by atoms with Gasteiger partial charge in [-0.2, -0.15) is 0 Å². The molecule has 0 radical (unpaired) electrons. The molecule has 0 saturated carbocycles. The number of carbonyl (C=O) groups is 1. The summed E-state index contributed by atoms with van der Waals surface area (Å²) < 4.78 is 11.4. The monoisotopic (exact) mass is 345 g/mol. The van der Waals surface area contributed by atoms with E-state index in [1.165, 1.54) is 0 Å². The maximum absolute atomic E-state index is 12.3. The number of para-hydroxylation sites is 2. The molecule has 3 rings (SSSR count). The van der Waals surface area contributed by atoms with Crippen LogP contribution in [0.15, 0.2) is 52.9 Å². The highest BCUT2D eigenvalue weighted by Crippen LogP contribution is 2.29. The number of aliphatic hydroxyl groups is 1. The van der Waals surface area contributed by atoms with Crippen molar-refractivity contribution in [2.75, 3.05) is 13.2 Å². The molecule has 124 valence electrons. The van der Waals surface area contributed by atoms with E-state index < -0.39 is 5.91 Å². The van der Waals surface area contributed by atoms with Crippen LogP contribution in [0.25, 0.3) is 11.0 Å². The van der Waals surface area contributed by atoms with Crippen LogP contribution in [0, 0.1) is 0 Å². The molecule has 6 heteroatoms. The summed E-state index contributed by atoms with van der Waals surface area (Å²) in [6.45, 7) is 0.154. The Morgan fingerprint density at radius 2 is 1.92 bits per heavy atom. The number of ether oxygens (including phenoxy) is 1. The van der Waals surface area contributed by atoms with E-state index in [1.54, 1.807) is 18.2 Å². The lowest BCUT2D eigenvalue weighted by Gasteiger charge is -2.08. The van der Waals surface area contributed by atoms with Crippen molar-refractivity contribution in [3.05, 3.63) is 64.9 Å². The standard InChI is InChI=1S/C18H16ClNO4/c19-14-6-2-4-8-16(14)23-11-13-12-5-1-3-7-15(12)24-17(13)18(22)20-9-10-21/h1-8,21H,9-11H2,(H,20,22). The smallest absolute Gasteiger partial charge is 0.287 e. The van der Waals surface area contributed by atoms with Crippen molar-refractivity contribution >= 4 is 28.5 Å². The highest BCUT2D eigenvalue weighted by atomic mass is 35.5. The van der Waals surface area contributed by atoms with Gasteiger partial charge in [-0.25, -0.2) is 0 Å². The molecule has 2 N–H and O–H groups in total. The van der Waals surface area contributed by atoms with Crippen LogP contribution in [0.5, 0.6) is 5.75 Å². The van der Waals surface area contributed by atoms with Crippen LogP contribution in [-0.2, 0) is 6.61 Å². The second-order valence-electron chi connectivity index (χ2n) is 5.10. The molecule has 1 heterocycles. The van der Waals surface area contributed by atoms with Gasteiger partial charge in [-0.3, -0.25) is 4.79 Å². The van der Waals surface area contributed by atoms with Crippen LogP contribution >= 0.6 is 11.6 Å². The Morgan fingerprint density at radius 3 is 2.71 bits per heavy atom. The van der Waals surface area contributed by atoms with Gasteiger partial charge in [0.15, 0.2) is 5.76 Å². The molecule has 0 saturated heterocycles. The third-order valence-electron chi connectivity index (χ3n) is 3.51. The summed E-state index contributed by atoms with van der Waals surface area (Å²) in [6.07, 6.45) is 0. The number of furan rings is 1. The number of carbonyl (C=O) groups excluding carboxylic acids is 1. The molecule has 0 aliphatic carbocycles. The van der Waals surface area contributed by atoms with Gasteiger partial charge in [-0.1, -0.05) is 41.9 Å². The Morgan fingerprint density at radius 1 is 1.17 bits per heavy atom. The van der Waals surface area contributed by atoms with Gasteiger partial charge in [0, 0.05) is 17.5 Å². The van der Waals surface area contributed by atoms with E-state index >= 15 is 0 Å². The van der Waals surface area contributed by atoms with Crippen molar-refractivity contribution in [2.24, 2.45) is 0 Å². The highest BCUT2D eigenvalue weighted by molar-refractivity contribution is 6.32. The maximum Gasteiger partial charge on any atom is 0.287 e. The molecule has 0 aliphatic heterocycles.